The molecule has 0 radical (unpaired) electrons. The molecule has 0 aliphatic heterocycles. The van der Waals surface area contributed by atoms with Crippen molar-refractivity contribution in [1.29, 1.82) is 5.26 Å². The zero-order valence-electron chi connectivity index (χ0n) is 16.9. The number of nitriles is 1. The first kappa shape index (κ1) is 20.6. The van der Waals surface area contributed by atoms with Gasteiger partial charge < -0.3 is 9.47 Å². The molecule has 0 aliphatic rings. The number of ether oxygens (including phenoxy) is 2. The molecule has 5 heteroatoms. The van der Waals surface area contributed by atoms with E-state index in [0.29, 0.717) is 39.5 Å². The lowest BCUT2D eigenvalue weighted by Gasteiger charge is -2.08. The van der Waals surface area contributed by atoms with E-state index < -0.39 is 5.97 Å². The molecular weight excluding hydrogens is 402 g/mol. The Morgan fingerprint density at radius 3 is 1.69 bits per heavy atom. The highest BCUT2D eigenvalue weighted by atomic mass is 16.5. The van der Waals surface area contributed by atoms with Crippen molar-refractivity contribution >= 4 is 11.8 Å². The van der Waals surface area contributed by atoms with Crippen LogP contribution in [-0.4, -0.2) is 11.8 Å². The van der Waals surface area contributed by atoms with E-state index in [2.05, 4.69) is 6.07 Å². The summed E-state index contributed by atoms with van der Waals surface area (Å²) >= 11 is 0. The quantitative estimate of drug-likeness (QED) is 0.224. The number of nitrogens with zero attached hydrogens (tertiary/aromatic N) is 1. The first-order valence-electron chi connectivity index (χ1n) is 9.82. The molecule has 32 heavy (non-hydrogen) atoms. The van der Waals surface area contributed by atoms with Gasteiger partial charge in [0.15, 0.2) is 5.78 Å². The third-order valence-electron chi connectivity index (χ3n) is 4.67. The number of hydrogen-bond acceptors (Lipinski definition) is 5. The van der Waals surface area contributed by atoms with Crippen LogP contribution in [0, 0.1) is 11.3 Å². The average Bonchev–Trinajstić information content (AvgIpc) is 2.86. The molecule has 0 amide bonds. The summed E-state index contributed by atoms with van der Waals surface area (Å²) in [6.45, 7) is 0. The van der Waals surface area contributed by atoms with Gasteiger partial charge in [0.05, 0.1) is 17.2 Å². The molecule has 0 atom stereocenters. The molecule has 0 heterocycles. The fraction of sp³-hybridized carbons (Fsp3) is 0. The molecule has 0 aromatic heterocycles. The first-order valence-corrected chi connectivity index (χ1v) is 9.82. The predicted octanol–water partition coefficient (Wildman–Crippen LogP) is 5.80. The highest BCUT2D eigenvalue weighted by Crippen LogP contribution is 2.24. The largest absolute Gasteiger partial charge is 0.457 e. The van der Waals surface area contributed by atoms with E-state index in [-0.39, 0.29) is 5.78 Å². The van der Waals surface area contributed by atoms with Gasteiger partial charge in [-0.3, -0.25) is 4.79 Å². The van der Waals surface area contributed by atoms with E-state index in [1.165, 1.54) is 0 Å². The highest BCUT2D eigenvalue weighted by molar-refractivity contribution is 6.09. The number of esters is 1. The molecule has 0 saturated carbocycles. The van der Waals surface area contributed by atoms with Crippen molar-refractivity contribution < 1.29 is 19.1 Å². The van der Waals surface area contributed by atoms with Crippen LogP contribution in [0.25, 0.3) is 0 Å². The third-order valence-corrected chi connectivity index (χ3v) is 4.67. The maximum Gasteiger partial charge on any atom is 0.343 e. The lowest BCUT2D eigenvalue weighted by molar-refractivity contribution is 0.0734. The van der Waals surface area contributed by atoms with Gasteiger partial charge >= 0.3 is 5.97 Å². The van der Waals surface area contributed by atoms with Crippen LogP contribution in [0.1, 0.15) is 31.8 Å². The molecule has 0 bridgehead atoms. The molecule has 4 aromatic rings. The zero-order chi connectivity index (χ0) is 22.3. The van der Waals surface area contributed by atoms with Gasteiger partial charge in [-0.2, -0.15) is 5.26 Å². The molecule has 4 aromatic carbocycles. The standard InChI is InChI=1S/C27H17NO4/c28-18-19-6-12-23(13-7-19)31-24-14-16-25(17-15-24)32-27(30)22-10-8-21(9-11-22)26(29)20-4-2-1-3-5-20/h1-17H. The van der Waals surface area contributed by atoms with E-state index >= 15 is 0 Å². The maximum atomic E-state index is 12.5. The molecule has 0 unspecified atom stereocenters. The average molecular weight is 419 g/mol. The Labute approximate surface area is 185 Å². The van der Waals surface area contributed by atoms with Crippen LogP contribution in [0.2, 0.25) is 0 Å². The summed E-state index contributed by atoms with van der Waals surface area (Å²) in [7, 11) is 0. The first-order chi connectivity index (χ1) is 15.6. The van der Waals surface area contributed by atoms with Crippen molar-refractivity contribution in [2.45, 2.75) is 0 Å². The number of hydrogen-bond donors (Lipinski definition) is 0. The minimum Gasteiger partial charge on any atom is -0.457 e. The van der Waals surface area contributed by atoms with Crippen molar-refractivity contribution in [2.24, 2.45) is 0 Å². The summed E-state index contributed by atoms with van der Waals surface area (Å²) in [4.78, 5) is 24.9. The number of carbonyl (C=O) groups excluding carboxylic acids is 2. The van der Waals surface area contributed by atoms with E-state index in [0.717, 1.165) is 0 Å². The van der Waals surface area contributed by atoms with E-state index in [9.17, 15) is 9.59 Å². The number of benzene rings is 4. The second-order valence-corrected chi connectivity index (χ2v) is 6.87. The Bertz CT molecular complexity index is 1270. The molecule has 0 N–H and O–H groups in total. The Balaban J connectivity index is 1.38. The smallest absolute Gasteiger partial charge is 0.343 e. The van der Waals surface area contributed by atoms with Crippen molar-refractivity contribution in [3.05, 3.63) is 125 Å². The van der Waals surface area contributed by atoms with Gasteiger partial charge in [-0.25, -0.2) is 4.79 Å². The van der Waals surface area contributed by atoms with Crippen molar-refractivity contribution in [2.75, 3.05) is 0 Å². The molecule has 0 fully saturated rings. The van der Waals surface area contributed by atoms with Crippen LogP contribution in [0.5, 0.6) is 17.2 Å². The number of rotatable bonds is 6. The van der Waals surface area contributed by atoms with Crippen LogP contribution in [0.4, 0.5) is 0 Å². The molecule has 0 saturated heterocycles. The van der Waals surface area contributed by atoms with Crippen LogP contribution in [-0.2, 0) is 0 Å². The topological polar surface area (TPSA) is 76.4 Å². The lowest BCUT2D eigenvalue weighted by Crippen LogP contribution is -2.09. The van der Waals surface area contributed by atoms with Gasteiger partial charge in [0, 0.05) is 11.1 Å². The van der Waals surface area contributed by atoms with Gasteiger partial charge in [0.25, 0.3) is 0 Å². The minimum atomic E-state index is -0.524. The van der Waals surface area contributed by atoms with Crippen molar-refractivity contribution in [3.8, 4) is 23.3 Å². The summed E-state index contributed by atoms with van der Waals surface area (Å²) in [6, 6.07) is 30.8. The summed E-state index contributed by atoms with van der Waals surface area (Å²) in [5, 5.41) is 8.84. The van der Waals surface area contributed by atoms with Gasteiger partial charge in [-0.1, -0.05) is 42.5 Å². The Morgan fingerprint density at radius 1 is 0.594 bits per heavy atom. The zero-order valence-corrected chi connectivity index (χ0v) is 16.9. The second kappa shape index (κ2) is 9.41. The summed E-state index contributed by atoms with van der Waals surface area (Å²) < 4.78 is 11.1. The van der Waals surface area contributed by atoms with Gasteiger partial charge in [-0.15, -0.1) is 0 Å². The minimum absolute atomic E-state index is 0.108. The van der Waals surface area contributed by atoms with Crippen LogP contribution < -0.4 is 9.47 Å². The van der Waals surface area contributed by atoms with Crippen LogP contribution in [0.3, 0.4) is 0 Å². The van der Waals surface area contributed by atoms with Crippen molar-refractivity contribution in [1.82, 2.24) is 0 Å². The molecule has 0 aliphatic carbocycles. The maximum absolute atomic E-state index is 12.5. The highest BCUT2D eigenvalue weighted by Gasteiger charge is 2.12. The van der Waals surface area contributed by atoms with Gasteiger partial charge in [0.2, 0.25) is 0 Å². The predicted molar refractivity (Wildman–Crippen MR) is 119 cm³/mol. The molecule has 5 nitrogen and oxygen atoms in total. The van der Waals surface area contributed by atoms with Crippen molar-refractivity contribution in [3.63, 3.8) is 0 Å². The Hall–Kier alpha value is -4.69. The summed E-state index contributed by atoms with van der Waals surface area (Å²) in [5.74, 6) is 0.900. The monoisotopic (exact) mass is 419 g/mol. The van der Waals surface area contributed by atoms with E-state index in [1.807, 2.05) is 6.07 Å². The van der Waals surface area contributed by atoms with E-state index in [1.54, 1.807) is 97.1 Å². The molecule has 4 rings (SSSR count). The summed E-state index contributed by atoms with van der Waals surface area (Å²) in [5.41, 5.74) is 1.98. The number of ketones is 1. The molecule has 154 valence electrons. The molecule has 0 spiro atoms. The third kappa shape index (κ3) is 4.89. The Morgan fingerprint density at radius 2 is 1.09 bits per heavy atom. The summed E-state index contributed by atoms with van der Waals surface area (Å²) in [6.07, 6.45) is 0. The fourth-order valence-corrected chi connectivity index (χ4v) is 2.99. The molecular formula is C27H17NO4. The van der Waals surface area contributed by atoms with Crippen LogP contribution in [0.15, 0.2) is 103 Å². The van der Waals surface area contributed by atoms with Gasteiger partial charge in [-0.05, 0) is 60.7 Å². The number of carbonyl (C=O) groups is 2. The SMILES string of the molecule is N#Cc1ccc(Oc2ccc(OC(=O)c3ccc(C(=O)c4ccccc4)cc3)cc2)cc1. The van der Waals surface area contributed by atoms with Gasteiger partial charge in [0.1, 0.15) is 17.2 Å². The van der Waals surface area contributed by atoms with E-state index in [4.69, 9.17) is 14.7 Å². The second-order valence-electron chi connectivity index (χ2n) is 6.87. The fourth-order valence-electron chi connectivity index (χ4n) is 2.99. The van der Waals surface area contributed by atoms with Crippen LogP contribution >= 0.6 is 0 Å². The Kier molecular flexibility index (Phi) is 6.05. The normalized spacial score (nSPS) is 10.1. The lowest BCUT2D eigenvalue weighted by atomic mass is 10.0.